The number of ether oxygens (including phenoxy) is 1. The first-order chi connectivity index (χ1) is 17.4. The van der Waals surface area contributed by atoms with E-state index in [1.807, 2.05) is 35.7 Å². The lowest BCUT2D eigenvalue weighted by Crippen LogP contribution is -2.39. The van der Waals surface area contributed by atoms with E-state index in [1.54, 1.807) is 42.7 Å². The van der Waals surface area contributed by atoms with Gasteiger partial charge in [0.25, 0.3) is 5.56 Å². The highest BCUT2D eigenvalue weighted by molar-refractivity contribution is 7.10. The standard InChI is InChI=1S/C27H22N2O5S2/c1-4-33-26(32)23-15(2)28-27-29(24(23)21-6-5-13-35-21)25(31)22(36-27)14-19-11-12-20(34-19)18-9-7-17(8-10-18)16(3)30/h5-14,24H,4H2,1-3H3/b22-14-/t24-/m1/s1. The van der Waals surface area contributed by atoms with Gasteiger partial charge in [0.2, 0.25) is 0 Å². The van der Waals surface area contributed by atoms with E-state index in [0.29, 0.717) is 37.7 Å². The Bertz CT molecular complexity index is 1670. The molecular weight excluding hydrogens is 496 g/mol. The number of thiazole rings is 1. The molecule has 182 valence electrons. The van der Waals surface area contributed by atoms with E-state index in [9.17, 15) is 14.4 Å². The van der Waals surface area contributed by atoms with Crippen LogP contribution in [0.3, 0.4) is 0 Å². The Balaban J connectivity index is 1.57. The van der Waals surface area contributed by atoms with E-state index >= 15 is 0 Å². The maximum Gasteiger partial charge on any atom is 0.338 e. The van der Waals surface area contributed by atoms with Gasteiger partial charge in [-0.2, -0.15) is 0 Å². The van der Waals surface area contributed by atoms with E-state index in [0.717, 1.165) is 10.4 Å². The van der Waals surface area contributed by atoms with Gasteiger partial charge in [-0.1, -0.05) is 41.7 Å². The maximum absolute atomic E-state index is 13.6. The summed E-state index contributed by atoms with van der Waals surface area (Å²) in [5, 5.41) is 1.91. The summed E-state index contributed by atoms with van der Waals surface area (Å²) in [5.41, 5.74) is 2.11. The van der Waals surface area contributed by atoms with Crippen LogP contribution in [0, 0.1) is 0 Å². The third-order valence-corrected chi connectivity index (χ3v) is 7.71. The number of rotatable bonds is 6. The number of esters is 1. The van der Waals surface area contributed by atoms with E-state index < -0.39 is 12.0 Å². The van der Waals surface area contributed by atoms with E-state index in [1.165, 1.54) is 29.6 Å². The van der Waals surface area contributed by atoms with Crippen LogP contribution < -0.4 is 14.9 Å². The fourth-order valence-corrected chi connectivity index (χ4v) is 5.94. The van der Waals surface area contributed by atoms with Crippen molar-refractivity contribution >= 4 is 40.5 Å². The second-order valence-electron chi connectivity index (χ2n) is 8.15. The van der Waals surface area contributed by atoms with Crippen LogP contribution in [0.4, 0.5) is 0 Å². The fourth-order valence-electron chi connectivity index (χ4n) is 4.09. The molecule has 1 aromatic carbocycles. The lowest BCUT2D eigenvalue weighted by Gasteiger charge is -2.23. The van der Waals surface area contributed by atoms with Gasteiger partial charge < -0.3 is 9.15 Å². The molecule has 36 heavy (non-hydrogen) atoms. The first-order valence-corrected chi connectivity index (χ1v) is 13.0. The molecule has 4 heterocycles. The summed E-state index contributed by atoms with van der Waals surface area (Å²) < 4.78 is 13.3. The quantitative estimate of drug-likeness (QED) is 0.280. The Morgan fingerprint density at radius 1 is 1.17 bits per heavy atom. The van der Waals surface area contributed by atoms with Gasteiger partial charge >= 0.3 is 5.97 Å². The highest BCUT2D eigenvalue weighted by atomic mass is 32.1. The summed E-state index contributed by atoms with van der Waals surface area (Å²) >= 11 is 2.72. The number of hydrogen-bond acceptors (Lipinski definition) is 8. The number of aromatic nitrogens is 1. The molecule has 0 aliphatic carbocycles. The van der Waals surface area contributed by atoms with Crippen molar-refractivity contribution in [2.45, 2.75) is 26.8 Å². The van der Waals surface area contributed by atoms with Crippen LogP contribution in [0.1, 0.15) is 47.8 Å². The van der Waals surface area contributed by atoms with Gasteiger partial charge in [0.15, 0.2) is 10.6 Å². The zero-order chi connectivity index (χ0) is 25.4. The SMILES string of the molecule is CCOC(=O)C1=C(C)N=c2s/c(=C\c3ccc(-c4ccc(C(C)=O)cc4)o3)c(=O)n2[C@@H]1c1cccs1. The largest absolute Gasteiger partial charge is 0.463 e. The number of allylic oxidation sites excluding steroid dienone is 1. The molecule has 0 saturated carbocycles. The number of furan rings is 1. The number of carbonyl (C=O) groups excluding carboxylic acids is 2. The highest BCUT2D eigenvalue weighted by Gasteiger charge is 2.33. The lowest BCUT2D eigenvalue weighted by molar-refractivity contribution is -0.139. The van der Waals surface area contributed by atoms with Crippen molar-refractivity contribution in [3.05, 3.63) is 101 Å². The molecule has 1 aliphatic rings. The number of carbonyl (C=O) groups is 2. The van der Waals surface area contributed by atoms with Crippen molar-refractivity contribution in [3.63, 3.8) is 0 Å². The first-order valence-electron chi connectivity index (χ1n) is 11.3. The molecule has 0 fully saturated rings. The number of benzene rings is 1. The van der Waals surface area contributed by atoms with Crippen LogP contribution >= 0.6 is 22.7 Å². The normalized spacial score (nSPS) is 15.5. The summed E-state index contributed by atoms with van der Waals surface area (Å²) in [4.78, 5) is 43.9. The minimum absolute atomic E-state index is 0.000683. The van der Waals surface area contributed by atoms with Gasteiger partial charge in [0, 0.05) is 22.1 Å². The van der Waals surface area contributed by atoms with Gasteiger partial charge in [-0.25, -0.2) is 9.79 Å². The number of Topliss-reactive ketones (excluding diaryl/α,β-unsaturated/α-hetero) is 1. The first kappa shape index (κ1) is 23.9. The van der Waals surface area contributed by atoms with E-state index in [-0.39, 0.29) is 17.9 Å². The van der Waals surface area contributed by atoms with E-state index in [4.69, 9.17) is 9.15 Å². The number of thiophene rings is 1. The zero-order valence-corrected chi connectivity index (χ0v) is 21.4. The average molecular weight is 519 g/mol. The molecule has 0 bridgehead atoms. The topological polar surface area (TPSA) is 90.9 Å². The second kappa shape index (κ2) is 9.67. The third-order valence-electron chi connectivity index (χ3n) is 5.81. The molecule has 7 nitrogen and oxygen atoms in total. The number of ketones is 1. The van der Waals surface area contributed by atoms with Gasteiger partial charge in [-0.15, -0.1) is 11.3 Å². The van der Waals surface area contributed by atoms with Gasteiger partial charge in [-0.3, -0.25) is 14.2 Å². The minimum Gasteiger partial charge on any atom is -0.463 e. The maximum atomic E-state index is 13.6. The molecule has 0 spiro atoms. The average Bonchev–Trinajstić information content (AvgIpc) is 3.60. The van der Waals surface area contributed by atoms with Crippen molar-refractivity contribution in [1.29, 1.82) is 0 Å². The van der Waals surface area contributed by atoms with Gasteiger partial charge in [0.05, 0.1) is 22.4 Å². The summed E-state index contributed by atoms with van der Waals surface area (Å²) in [5.74, 6) is 0.665. The molecule has 0 radical (unpaired) electrons. The van der Waals surface area contributed by atoms with Crippen LogP contribution in [0.15, 0.2) is 79.4 Å². The monoisotopic (exact) mass is 518 g/mol. The Kier molecular flexibility index (Phi) is 6.42. The van der Waals surface area contributed by atoms with Crippen LogP contribution in [0.2, 0.25) is 0 Å². The Labute approximate surface area is 214 Å². The molecule has 9 heteroatoms. The van der Waals surface area contributed by atoms with Crippen molar-refractivity contribution in [3.8, 4) is 11.3 Å². The summed E-state index contributed by atoms with van der Waals surface area (Å²) in [7, 11) is 0. The number of nitrogens with zero attached hydrogens (tertiary/aromatic N) is 2. The molecule has 1 atom stereocenters. The van der Waals surface area contributed by atoms with Crippen molar-refractivity contribution < 1.29 is 18.7 Å². The fraction of sp³-hybridized carbons (Fsp3) is 0.185. The lowest BCUT2D eigenvalue weighted by atomic mass is 10.0. The van der Waals surface area contributed by atoms with Gasteiger partial charge in [0.1, 0.15) is 17.6 Å². The predicted molar refractivity (Wildman–Crippen MR) is 139 cm³/mol. The van der Waals surface area contributed by atoms with E-state index in [2.05, 4.69) is 4.99 Å². The molecule has 0 N–H and O–H groups in total. The Morgan fingerprint density at radius 3 is 2.61 bits per heavy atom. The zero-order valence-electron chi connectivity index (χ0n) is 19.8. The van der Waals surface area contributed by atoms with Crippen LogP contribution in [-0.2, 0) is 9.53 Å². The number of hydrogen-bond donors (Lipinski definition) is 0. The summed E-state index contributed by atoms with van der Waals surface area (Å²) in [6.07, 6.45) is 1.69. The van der Waals surface area contributed by atoms with Crippen molar-refractivity contribution in [2.75, 3.05) is 6.61 Å². The molecule has 5 rings (SSSR count). The smallest absolute Gasteiger partial charge is 0.338 e. The molecule has 3 aromatic heterocycles. The minimum atomic E-state index is -0.602. The molecule has 0 unspecified atom stereocenters. The molecule has 4 aromatic rings. The second-order valence-corrected chi connectivity index (χ2v) is 10.1. The summed E-state index contributed by atoms with van der Waals surface area (Å²) in [6, 6.07) is 14.0. The van der Waals surface area contributed by atoms with Crippen LogP contribution in [0.5, 0.6) is 0 Å². The molecule has 0 amide bonds. The van der Waals surface area contributed by atoms with Crippen LogP contribution in [-0.4, -0.2) is 22.9 Å². The van der Waals surface area contributed by atoms with Crippen molar-refractivity contribution in [2.24, 2.45) is 4.99 Å². The molecule has 1 aliphatic heterocycles. The van der Waals surface area contributed by atoms with Crippen molar-refractivity contribution in [1.82, 2.24) is 4.57 Å². The molecular formula is C27H22N2O5S2. The van der Waals surface area contributed by atoms with Gasteiger partial charge in [-0.05, 0) is 44.4 Å². The number of fused-ring (bicyclic) bond motifs is 1. The van der Waals surface area contributed by atoms with Crippen LogP contribution in [0.25, 0.3) is 17.4 Å². The molecule has 0 saturated heterocycles. The Hall–Kier alpha value is -3.82. The highest BCUT2D eigenvalue weighted by Crippen LogP contribution is 2.33. The summed E-state index contributed by atoms with van der Waals surface area (Å²) in [6.45, 7) is 5.27. The predicted octanol–water partition coefficient (Wildman–Crippen LogP) is 4.32. The third kappa shape index (κ3) is 4.31. The Morgan fingerprint density at radius 2 is 1.94 bits per heavy atom.